The Morgan fingerprint density at radius 2 is 1.85 bits per heavy atom. The molecular weight excluding hydrogens is 367 g/mol. The van der Waals surface area contributed by atoms with E-state index in [9.17, 15) is 33.1 Å². The number of aromatic nitrogens is 2. The fourth-order valence-electron chi connectivity index (χ4n) is 2.49. The van der Waals surface area contributed by atoms with Crippen molar-refractivity contribution in [2.24, 2.45) is 0 Å². The second-order valence-electron chi connectivity index (χ2n) is 5.25. The largest absolute Gasteiger partial charge is 0.573 e. The first-order valence-electron chi connectivity index (χ1n) is 7.27. The quantitative estimate of drug-likeness (QED) is 0.755. The molecule has 27 heavy (non-hydrogen) atoms. The number of hydrogen-bond acceptors (Lipinski definition) is 5. The summed E-state index contributed by atoms with van der Waals surface area (Å²) in [7, 11) is 0. The van der Waals surface area contributed by atoms with Crippen molar-refractivity contribution in [3.8, 4) is 17.5 Å². The molecule has 0 saturated carbocycles. The van der Waals surface area contributed by atoms with E-state index in [1.54, 1.807) is 0 Å². The highest BCUT2D eigenvalue weighted by atomic mass is 19.4. The maximum atomic E-state index is 12.4. The van der Waals surface area contributed by atoms with Crippen LogP contribution in [0.25, 0.3) is 16.6 Å². The summed E-state index contributed by atoms with van der Waals surface area (Å²) in [6.07, 6.45) is -4.86. The van der Waals surface area contributed by atoms with Crippen LogP contribution in [0, 0.1) is 11.3 Å². The number of nitrogens with zero attached hydrogens (tertiary/aromatic N) is 3. The maximum absolute atomic E-state index is 12.4. The first-order valence-corrected chi connectivity index (χ1v) is 7.27. The topological polar surface area (TPSA) is 105 Å². The molecule has 10 heteroatoms. The summed E-state index contributed by atoms with van der Waals surface area (Å²) >= 11 is 0. The Morgan fingerprint density at radius 1 is 1.19 bits per heavy atom. The molecule has 1 heterocycles. The highest BCUT2D eigenvalue weighted by Gasteiger charge is 2.31. The Kier molecular flexibility index (Phi) is 4.29. The van der Waals surface area contributed by atoms with Crippen LogP contribution in [0.2, 0.25) is 0 Å². The molecule has 136 valence electrons. The molecule has 7 nitrogen and oxygen atoms in total. The molecule has 2 aromatic carbocycles. The second kappa shape index (κ2) is 6.45. The Morgan fingerprint density at radius 3 is 2.41 bits per heavy atom. The van der Waals surface area contributed by atoms with E-state index in [4.69, 9.17) is 0 Å². The van der Waals surface area contributed by atoms with Gasteiger partial charge in [-0.1, -0.05) is 6.07 Å². The van der Waals surface area contributed by atoms with Crippen LogP contribution < -0.4 is 10.2 Å². The van der Waals surface area contributed by atoms with Gasteiger partial charge in [0.1, 0.15) is 5.75 Å². The average Bonchev–Trinajstić information content (AvgIpc) is 2.61. The number of halogens is 3. The van der Waals surface area contributed by atoms with Gasteiger partial charge in [-0.15, -0.1) is 13.2 Å². The highest BCUT2D eigenvalue weighted by molar-refractivity contribution is 5.93. The Hall–Kier alpha value is -3.87. The molecule has 0 aliphatic rings. The summed E-state index contributed by atoms with van der Waals surface area (Å²) in [6, 6.07) is 10.5. The Balaban J connectivity index is 2.26. The third kappa shape index (κ3) is 3.43. The van der Waals surface area contributed by atoms with E-state index in [2.05, 4.69) is 9.84 Å². The number of ether oxygens (including phenoxy) is 1. The van der Waals surface area contributed by atoms with Gasteiger partial charge in [-0.3, -0.25) is 4.79 Å². The lowest BCUT2D eigenvalue weighted by Crippen LogP contribution is -2.23. The lowest BCUT2D eigenvalue weighted by atomic mass is 10.1. The van der Waals surface area contributed by atoms with Crippen LogP contribution in [-0.2, 0) is 0 Å². The summed E-state index contributed by atoms with van der Waals surface area (Å²) < 4.78 is 41.7. The summed E-state index contributed by atoms with van der Waals surface area (Å²) in [5, 5.41) is 22.1. The number of fused-ring (bicyclic) bond motifs is 1. The van der Waals surface area contributed by atoms with Gasteiger partial charge in [0, 0.05) is 0 Å². The summed E-state index contributed by atoms with van der Waals surface area (Å²) in [6.45, 7) is 0. The van der Waals surface area contributed by atoms with Crippen LogP contribution in [0.5, 0.6) is 5.75 Å². The zero-order valence-corrected chi connectivity index (χ0v) is 13.2. The fraction of sp³-hybridized carbons (Fsp3) is 0.0588. The lowest BCUT2D eigenvalue weighted by molar-refractivity contribution is -0.274. The smallest absolute Gasteiger partial charge is 0.476 e. The number of rotatable bonds is 3. The zero-order chi connectivity index (χ0) is 19.8. The van der Waals surface area contributed by atoms with E-state index in [-0.39, 0.29) is 22.2 Å². The molecule has 0 amide bonds. The maximum Gasteiger partial charge on any atom is 0.573 e. The summed E-state index contributed by atoms with van der Waals surface area (Å²) in [5.74, 6) is -2.08. The first kappa shape index (κ1) is 17.9. The van der Waals surface area contributed by atoms with Gasteiger partial charge in [0.2, 0.25) is 11.1 Å². The molecule has 0 saturated heterocycles. The van der Waals surface area contributed by atoms with Crippen LogP contribution in [0.4, 0.5) is 13.2 Å². The lowest BCUT2D eigenvalue weighted by Gasteiger charge is -2.13. The minimum atomic E-state index is -4.86. The van der Waals surface area contributed by atoms with Crippen molar-refractivity contribution in [2.75, 3.05) is 0 Å². The number of hydrogen-bond donors (Lipinski definition) is 1. The number of nitriles is 1. The third-order valence-corrected chi connectivity index (χ3v) is 3.55. The normalized spacial score (nSPS) is 11.2. The monoisotopic (exact) mass is 375 g/mol. The molecule has 3 rings (SSSR count). The van der Waals surface area contributed by atoms with Gasteiger partial charge < -0.3 is 9.84 Å². The van der Waals surface area contributed by atoms with Gasteiger partial charge in [0.25, 0.3) is 0 Å². The van der Waals surface area contributed by atoms with Crippen LogP contribution in [0.3, 0.4) is 0 Å². The molecule has 1 aromatic heterocycles. The number of alkyl halides is 3. The Bertz CT molecular complexity index is 1150. The minimum absolute atomic E-state index is 0.0480. The number of aromatic carboxylic acids is 1. The van der Waals surface area contributed by atoms with E-state index in [0.29, 0.717) is 0 Å². The fourth-order valence-corrected chi connectivity index (χ4v) is 2.49. The number of carbonyl (C=O) groups is 1. The van der Waals surface area contributed by atoms with E-state index in [1.807, 2.05) is 6.07 Å². The predicted molar refractivity (Wildman–Crippen MR) is 85.7 cm³/mol. The molecule has 0 unspecified atom stereocenters. The molecule has 0 radical (unpaired) electrons. The van der Waals surface area contributed by atoms with Crippen LogP contribution in [-0.4, -0.2) is 27.2 Å². The van der Waals surface area contributed by atoms with Crippen molar-refractivity contribution >= 4 is 16.9 Å². The first-order chi connectivity index (χ1) is 12.7. The standard InChI is InChI=1S/C17H8F3N3O4/c18-17(19,20)27-11-6-4-10(5-7-11)23-12-3-1-2-9(8-21)13(12)15(24)14(22-23)16(25)26/h1-7H,(H,25,26). The molecule has 0 atom stereocenters. The van der Waals surface area contributed by atoms with Gasteiger partial charge in [0.15, 0.2) is 0 Å². The van der Waals surface area contributed by atoms with Crippen molar-refractivity contribution in [3.05, 3.63) is 63.9 Å². The van der Waals surface area contributed by atoms with Gasteiger partial charge in [-0.25, -0.2) is 9.48 Å². The van der Waals surface area contributed by atoms with Gasteiger partial charge in [-0.2, -0.15) is 10.4 Å². The molecule has 1 N–H and O–H groups in total. The van der Waals surface area contributed by atoms with E-state index in [0.717, 1.165) is 16.8 Å². The molecule has 0 aliphatic heterocycles. The van der Waals surface area contributed by atoms with E-state index in [1.165, 1.54) is 30.3 Å². The van der Waals surface area contributed by atoms with Gasteiger partial charge in [-0.05, 0) is 36.4 Å². The molecule has 0 bridgehead atoms. The van der Waals surface area contributed by atoms with Crippen LogP contribution >= 0.6 is 0 Å². The summed E-state index contributed by atoms with van der Waals surface area (Å²) in [4.78, 5) is 23.7. The minimum Gasteiger partial charge on any atom is -0.476 e. The van der Waals surface area contributed by atoms with Crippen molar-refractivity contribution in [3.63, 3.8) is 0 Å². The molecule has 0 spiro atoms. The average molecular weight is 375 g/mol. The van der Waals surface area contributed by atoms with E-state index < -0.39 is 29.2 Å². The SMILES string of the molecule is N#Cc1cccc2c1c(=O)c(C(=O)O)nn2-c1ccc(OC(F)(F)F)cc1. The van der Waals surface area contributed by atoms with Gasteiger partial charge >= 0.3 is 12.3 Å². The van der Waals surface area contributed by atoms with Gasteiger partial charge in [0.05, 0.1) is 28.2 Å². The molecule has 0 aliphatic carbocycles. The number of benzene rings is 2. The molecule has 0 fully saturated rings. The van der Waals surface area contributed by atoms with Crippen LogP contribution in [0.15, 0.2) is 47.3 Å². The number of carboxylic acid groups (broad SMARTS) is 1. The third-order valence-electron chi connectivity index (χ3n) is 3.55. The van der Waals surface area contributed by atoms with E-state index >= 15 is 0 Å². The van der Waals surface area contributed by atoms with Crippen molar-refractivity contribution in [1.29, 1.82) is 5.26 Å². The van der Waals surface area contributed by atoms with Crippen molar-refractivity contribution < 1.29 is 27.8 Å². The molecule has 3 aromatic rings. The molecular formula is C17H8F3N3O4. The van der Waals surface area contributed by atoms with Crippen molar-refractivity contribution in [1.82, 2.24) is 9.78 Å². The highest BCUT2D eigenvalue weighted by Crippen LogP contribution is 2.25. The van der Waals surface area contributed by atoms with Crippen LogP contribution in [0.1, 0.15) is 16.1 Å². The summed E-state index contributed by atoms with van der Waals surface area (Å²) in [5.41, 5.74) is -1.49. The number of carboxylic acids is 1. The Labute approximate surface area is 148 Å². The second-order valence-corrected chi connectivity index (χ2v) is 5.25. The zero-order valence-electron chi connectivity index (χ0n) is 13.2. The predicted octanol–water partition coefficient (Wildman–Crippen LogP) is 2.85. The van der Waals surface area contributed by atoms with Crippen molar-refractivity contribution in [2.45, 2.75) is 6.36 Å².